The Balaban J connectivity index is 0.000000486. The highest BCUT2D eigenvalue weighted by molar-refractivity contribution is 5.37. The zero-order valence-corrected chi connectivity index (χ0v) is 14.6. The fraction of sp³-hybridized carbons (Fsp3) is 0.938. The van der Waals surface area contributed by atoms with Crippen molar-refractivity contribution in [2.45, 2.75) is 52.7 Å². The average Bonchev–Trinajstić information content (AvgIpc) is 2.73. The maximum Gasteiger partial charge on any atom is 0.293 e. The van der Waals surface area contributed by atoms with Crippen molar-refractivity contribution < 1.29 is 14.3 Å². The lowest BCUT2D eigenvalue weighted by molar-refractivity contribution is -0.138. The normalized spacial score (nSPS) is 19.3. The second-order valence-electron chi connectivity index (χ2n) is 6.97. The molecule has 1 aliphatic heterocycles. The van der Waals surface area contributed by atoms with Crippen LogP contribution in [0.25, 0.3) is 0 Å². The Morgan fingerprint density at radius 2 is 2.05 bits per heavy atom. The van der Waals surface area contributed by atoms with E-state index in [0.717, 1.165) is 32.2 Å². The Morgan fingerprint density at radius 1 is 1.38 bits per heavy atom. The molecule has 0 amide bonds. The van der Waals surface area contributed by atoms with Gasteiger partial charge in [-0.3, -0.25) is 4.79 Å². The first kappa shape index (κ1) is 20.3. The summed E-state index contributed by atoms with van der Waals surface area (Å²) in [6.45, 7) is 15.6. The first-order valence-corrected chi connectivity index (χ1v) is 7.87. The predicted octanol–water partition coefficient (Wildman–Crippen LogP) is 1.91. The van der Waals surface area contributed by atoms with E-state index in [-0.39, 0.29) is 5.60 Å². The van der Waals surface area contributed by atoms with Crippen LogP contribution in [0.3, 0.4) is 0 Å². The fourth-order valence-electron chi connectivity index (χ4n) is 1.86. The molecule has 0 saturated carbocycles. The van der Waals surface area contributed by atoms with Crippen LogP contribution in [-0.2, 0) is 14.3 Å². The van der Waals surface area contributed by atoms with Crippen molar-refractivity contribution in [2.24, 2.45) is 5.92 Å². The topological polar surface area (TPSA) is 50.8 Å². The monoisotopic (exact) mass is 302 g/mol. The zero-order chi connectivity index (χ0) is 16.3. The molecule has 1 fully saturated rings. The van der Waals surface area contributed by atoms with Gasteiger partial charge in [0.05, 0.1) is 12.7 Å². The quantitative estimate of drug-likeness (QED) is 0.575. The first-order valence-electron chi connectivity index (χ1n) is 7.87. The number of ether oxygens (including phenoxy) is 2. The van der Waals surface area contributed by atoms with Crippen LogP contribution >= 0.6 is 0 Å². The smallest absolute Gasteiger partial charge is 0.293 e. The summed E-state index contributed by atoms with van der Waals surface area (Å²) < 4.78 is 10.3. The van der Waals surface area contributed by atoms with Crippen LogP contribution in [0, 0.1) is 5.92 Å². The summed E-state index contributed by atoms with van der Waals surface area (Å²) in [6, 6.07) is 0. The number of hydrogen-bond donors (Lipinski definition) is 1. The largest absolute Gasteiger partial charge is 0.462 e. The van der Waals surface area contributed by atoms with Gasteiger partial charge in [0, 0.05) is 19.6 Å². The number of carbonyl (C=O) groups is 1. The average molecular weight is 302 g/mol. The van der Waals surface area contributed by atoms with Gasteiger partial charge in [0.15, 0.2) is 0 Å². The molecule has 1 unspecified atom stereocenters. The zero-order valence-electron chi connectivity index (χ0n) is 14.6. The summed E-state index contributed by atoms with van der Waals surface area (Å²) in [7, 11) is 2.15. The molecule has 5 nitrogen and oxygen atoms in total. The first-order chi connectivity index (χ1) is 9.74. The summed E-state index contributed by atoms with van der Waals surface area (Å²) in [6.07, 6.45) is 1.67. The van der Waals surface area contributed by atoms with Crippen LogP contribution in [0.2, 0.25) is 0 Å². The molecule has 0 spiro atoms. The van der Waals surface area contributed by atoms with Crippen LogP contribution < -0.4 is 5.32 Å². The molecule has 1 rings (SSSR count). The summed E-state index contributed by atoms with van der Waals surface area (Å²) in [5, 5.41) is 3.38. The molecule has 1 saturated heterocycles. The molecule has 0 aromatic rings. The third-order valence-corrected chi connectivity index (χ3v) is 2.93. The van der Waals surface area contributed by atoms with Crippen LogP contribution in [0.15, 0.2) is 0 Å². The molecule has 0 aromatic heterocycles. The highest BCUT2D eigenvalue weighted by Gasteiger charge is 2.19. The van der Waals surface area contributed by atoms with Crippen molar-refractivity contribution in [3.63, 3.8) is 0 Å². The number of nitrogens with zero attached hydrogens (tertiary/aromatic N) is 1. The number of likely N-dealkylation sites (tertiary alicyclic amines) is 1. The van der Waals surface area contributed by atoms with Crippen molar-refractivity contribution in [3.8, 4) is 0 Å². The van der Waals surface area contributed by atoms with E-state index in [4.69, 9.17) is 4.74 Å². The van der Waals surface area contributed by atoms with Gasteiger partial charge in [-0.2, -0.15) is 0 Å². The second kappa shape index (κ2) is 11.0. The minimum absolute atomic E-state index is 0.318. The van der Waals surface area contributed by atoms with Crippen molar-refractivity contribution >= 4 is 6.47 Å². The Labute approximate surface area is 130 Å². The number of carbonyl (C=O) groups excluding carboxylic acids is 1. The van der Waals surface area contributed by atoms with E-state index in [1.165, 1.54) is 13.0 Å². The van der Waals surface area contributed by atoms with Gasteiger partial charge in [-0.25, -0.2) is 0 Å². The lowest BCUT2D eigenvalue weighted by atomic mass is 10.2. The van der Waals surface area contributed by atoms with E-state index in [1.54, 1.807) is 0 Å². The Morgan fingerprint density at radius 3 is 2.43 bits per heavy atom. The van der Waals surface area contributed by atoms with Gasteiger partial charge in [-0.1, -0.05) is 13.8 Å². The molecule has 0 bridgehead atoms. The summed E-state index contributed by atoms with van der Waals surface area (Å²) in [5.41, 5.74) is -0.318. The van der Waals surface area contributed by atoms with Gasteiger partial charge >= 0.3 is 0 Å². The van der Waals surface area contributed by atoms with Crippen molar-refractivity contribution in [2.75, 3.05) is 39.8 Å². The van der Waals surface area contributed by atoms with Crippen molar-refractivity contribution in [1.29, 1.82) is 0 Å². The molecule has 0 radical (unpaired) electrons. The molecular weight excluding hydrogens is 268 g/mol. The summed E-state index contributed by atoms with van der Waals surface area (Å²) in [4.78, 5) is 11.9. The van der Waals surface area contributed by atoms with E-state index < -0.39 is 0 Å². The Bertz CT molecular complexity index is 265. The highest BCUT2D eigenvalue weighted by atomic mass is 16.5. The molecule has 0 aromatic carbocycles. The second-order valence-corrected chi connectivity index (χ2v) is 6.97. The van der Waals surface area contributed by atoms with E-state index in [1.807, 2.05) is 20.8 Å². The maximum atomic E-state index is 9.60. The molecule has 1 atom stereocenters. The summed E-state index contributed by atoms with van der Waals surface area (Å²) >= 11 is 0. The van der Waals surface area contributed by atoms with Crippen LogP contribution in [0.1, 0.15) is 41.0 Å². The molecule has 1 heterocycles. The van der Waals surface area contributed by atoms with E-state index in [9.17, 15) is 4.79 Å². The number of nitrogens with one attached hydrogen (secondary N) is 1. The molecule has 1 N–H and O–H groups in total. The highest BCUT2D eigenvalue weighted by Crippen LogP contribution is 2.09. The van der Waals surface area contributed by atoms with E-state index in [0.29, 0.717) is 12.6 Å². The lowest BCUT2D eigenvalue weighted by Gasteiger charge is -2.14. The van der Waals surface area contributed by atoms with Gasteiger partial charge in [0.2, 0.25) is 0 Å². The van der Waals surface area contributed by atoms with Gasteiger partial charge in [0.1, 0.15) is 5.60 Å². The third kappa shape index (κ3) is 14.1. The third-order valence-electron chi connectivity index (χ3n) is 2.93. The lowest BCUT2D eigenvalue weighted by Crippen LogP contribution is -2.27. The molecule has 5 heteroatoms. The van der Waals surface area contributed by atoms with Crippen LogP contribution in [0.4, 0.5) is 0 Å². The van der Waals surface area contributed by atoms with Gasteiger partial charge in [-0.05, 0) is 46.7 Å². The van der Waals surface area contributed by atoms with Crippen LogP contribution in [0.5, 0.6) is 0 Å². The number of likely N-dealkylation sites (N-methyl/N-ethyl adjacent to an activating group) is 1. The Kier molecular flexibility index (Phi) is 10.6. The molecular formula is C16H34N2O3. The minimum atomic E-state index is -0.318. The van der Waals surface area contributed by atoms with Gasteiger partial charge in [-0.15, -0.1) is 0 Å². The van der Waals surface area contributed by atoms with E-state index in [2.05, 4.69) is 35.8 Å². The summed E-state index contributed by atoms with van der Waals surface area (Å²) in [5.74, 6) is 0.729. The molecule has 126 valence electrons. The number of rotatable bonds is 7. The van der Waals surface area contributed by atoms with Gasteiger partial charge in [0.25, 0.3) is 6.47 Å². The Hall–Kier alpha value is -0.650. The maximum absolute atomic E-state index is 9.60. The van der Waals surface area contributed by atoms with Gasteiger partial charge < -0.3 is 19.7 Å². The standard InChI is InChI=1S/C11H24N2O.C5H10O2/c1-10(2)8-12-5-7-14-11-4-6-13(3)9-11;1-5(2,3)7-4-6/h10-12H,4-9H2,1-3H3;4H,1-3H3. The van der Waals surface area contributed by atoms with Crippen molar-refractivity contribution in [3.05, 3.63) is 0 Å². The predicted molar refractivity (Wildman–Crippen MR) is 86.5 cm³/mol. The minimum Gasteiger partial charge on any atom is -0.462 e. The van der Waals surface area contributed by atoms with Crippen LogP contribution in [-0.4, -0.2) is 62.9 Å². The number of hydrogen-bond acceptors (Lipinski definition) is 5. The molecule has 1 aliphatic rings. The van der Waals surface area contributed by atoms with Crippen molar-refractivity contribution in [1.82, 2.24) is 10.2 Å². The van der Waals surface area contributed by atoms with E-state index >= 15 is 0 Å². The molecule has 21 heavy (non-hydrogen) atoms. The molecule has 0 aliphatic carbocycles. The SMILES string of the molecule is CC(C)(C)OC=O.CC(C)CNCCOC1CCN(C)C1. The fourth-order valence-corrected chi connectivity index (χ4v) is 1.86.